The number of hydrogen-bond donors (Lipinski definition) is 2. The predicted molar refractivity (Wildman–Crippen MR) is 92.0 cm³/mol. The van der Waals surface area contributed by atoms with Crippen LogP contribution in [0.5, 0.6) is 5.75 Å². The van der Waals surface area contributed by atoms with E-state index in [-0.39, 0.29) is 24.3 Å². The maximum Gasteiger partial charge on any atom is 0.541 e. The Bertz CT molecular complexity index is 1030. The molecule has 10 nitrogen and oxygen atoms in total. The van der Waals surface area contributed by atoms with Crippen LogP contribution in [0, 0.1) is 4.91 Å². The molecule has 0 aliphatic rings. The van der Waals surface area contributed by atoms with E-state index in [1.165, 1.54) is 30.5 Å². The van der Waals surface area contributed by atoms with Crippen LogP contribution in [0.2, 0.25) is 0 Å². The lowest BCUT2D eigenvalue weighted by Crippen LogP contribution is -2.13. The first-order chi connectivity index (χ1) is 12.9. The van der Waals surface area contributed by atoms with Crippen molar-refractivity contribution in [2.45, 2.75) is 12.8 Å². The molecule has 11 heteroatoms. The number of carbonyl (C=O) groups excluding carboxylic acids is 2. The van der Waals surface area contributed by atoms with E-state index in [9.17, 15) is 24.0 Å². The number of nitrogens with one attached hydrogen (secondary N) is 1. The average Bonchev–Trinajstić information content (AvgIpc) is 3.22. The lowest BCUT2D eigenvalue weighted by atomic mass is 10.1. The molecule has 1 aromatic carbocycles. The van der Waals surface area contributed by atoms with Crippen molar-refractivity contribution in [1.29, 1.82) is 0 Å². The van der Waals surface area contributed by atoms with E-state index >= 15 is 0 Å². The summed E-state index contributed by atoms with van der Waals surface area (Å²) in [5, 5.41) is 0. The molecule has 27 heavy (non-hydrogen) atoms. The smallest absolute Gasteiger partial charge is 0.463 e. The highest BCUT2D eigenvalue weighted by Gasteiger charge is 2.24. The summed E-state index contributed by atoms with van der Waals surface area (Å²) in [6, 6.07) is 9.07. The fraction of sp³-hybridized carbons (Fsp3) is 0.125. The molecule has 3 aromatic rings. The first-order valence-electron chi connectivity index (χ1n) is 7.64. The fourth-order valence-corrected chi connectivity index (χ4v) is 2.82. The Morgan fingerprint density at radius 2 is 2.04 bits per heavy atom. The number of hydrogen-bond acceptors (Lipinski definition) is 7. The Morgan fingerprint density at radius 3 is 2.78 bits per heavy atom. The van der Waals surface area contributed by atoms with Gasteiger partial charge in [0.1, 0.15) is 11.4 Å². The number of fused-ring (bicyclic) bond motifs is 1. The summed E-state index contributed by atoms with van der Waals surface area (Å²) in [6.45, 7) is 0. The molecule has 0 aliphatic carbocycles. The van der Waals surface area contributed by atoms with E-state index < -0.39 is 19.7 Å². The third kappa shape index (κ3) is 4.49. The molecule has 2 aromatic heterocycles. The Hall–Kier alpha value is -3.23. The molecule has 0 amide bonds. The van der Waals surface area contributed by atoms with Crippen LogP contribution in [0.4, 0.5) is 0 Å². The van der Waals surface area contributed by atoms with Crippen LogP contribution < -0.4 is 4.52 Å². The Kier molecular flexibility index (Phi) is 5.20. The summed E-state index contributed by atoms with van der Waals surface area (Å²) in [6.07, 6.45) is 1.30. The number of aromatic nitrogens is 1. The van der Waals surface area contributed by atoms with Gasteiger partial charge in [0, 0.05) is 12.1 Å². The molecule has 0 saturated heterocycles. The van der Waals surface area contributed by atoms with Crippen molar-refractivity contribution in [3.05, 3.63) is 58.8 Å². The molecule has 0 radical (unpaired) electrons. The highest BCUT2D eigenvalue weighted by atomic mass is 31.2. The maximum absolute atomic E-state index is 12.0. The van der Waals surface area contributed by atoms with Gasteiger partial charge in [-0.1, -0.05) is 18.2 Å². The van der Waals surface area contributed by atoms with Crippen LogP contribution in [-0.2, 0) is 20.5 Å². The zero-order valence-electron chi connectivity index (χ0n) is 13.7. The van der Waals surface area contributed by atoms with E-state index in [0.29, 0.717) is 16.7 Å². The first kappa shape index (κ1) is 18.6. The molecule has 140 valence electrons. The number of benzene rings is 1. The van der Waals surface area contributed by atoms with Gasteiger partial charge in [0.2, 0.25) is 0 Å². The summed E-state index contributed by atoms with van der Waals surface area (Å²) in [4.78, 5) is 48.1. The number of carbonyl (C=O) groups is 2. The molecule has 0 fully saturated rings. The zero-order valence-corrected chi connectivity index (χ0v) is 14.5. The van der Waals surface area contributed by atoms with E-state index in [1.807, 2.05) is 4.95 Å². The van der Waals surface area contributed by atoms with Gasteiger partial charge < -0.3 is 18.7 Å². The third-order valence-corrected chi connectivity index (χ3v) is 4.20. The van der Waals surface area contributed by atoms with Gasteiger partial charge in [-0.3, -0.25) is 9.69 Å². The monoisotopic (exact) mass is 392 g/mol. The van der Waals surface area contributed by atoms with Gasteiger partial charge in [-0.25, -0.2) is 9.36 Å². The number of rotatable bonds is 7. The number of nitroso groups, excluding NO2 is 1. The lowest BCUT2D eigenvalue weighted by molar-refractivity contribution is -0.137. The Balaban J connectivity index is 1.60. The zero-order chi connectivity index (χ0) is 19.4. The van der Waals surface area contributed by atoms with Crippen LogP contribution in [0.1, 0.15) is 22.5 Å². The van der Waals surface area contributed by atoms with Crippen LogP contribution in [0.15, 0.2) is 52.0 Å². The van der Waals surface area contributed by atoms with Gasteiger partial charge in [-0.2, -0.15) is 0 Å². The molecule has 0 bridgehead atoms. The number of ether oxygens (including phenoxy) is 1. The SMILES string of the molecule is O=NP(=O)(O)Oc1ccccc1CCC(=O)OC(=O)c1cc2occc2[nH]1. The number of nitrogens with zero attached hydrogens (tertiary/aromatic N) is 1. The summed E-state index contributed by atoms with van der Waals surface area (Å²) >= 11 is 0. The van der Waals surface area contributed by atoms with E-state index in [2.05, 4.69) is 9.51 Å². The average molecular weight is 392 g/mol. The molecule has 0 spiro atoms. The van der Waals surface area contributed by atoms with Crippen LogP contribution in [0.25, 0.3) is 11.1 Å². The first-order valence-corrected chi connectivity index (χ1v) is 9.17. The predicted octanol–water partition coefficient (Wildman–Crippen LogP) is 3.32. The topological polar surface area (TPSA) is 148 Å². The number of aryl methyl sites for hydroxylation is 1. The van der Waals surface area contributed by atoms with Crippen molar-refractivity contribution < 1.29 is 32.7 Å². The van der Waals surface area contributed by atoms with E-state index in [1.54, 1.807) is 12.1 Å². The summed E-state index contributed by atoms with van der Waals surface area (Å²) in [5.74, 6) is -1.73. The van der Waals surface area contributed by atoms with Gasteiger partial charge in [0.05, 0.1) is 23.1 Å². The van der Waals surface area contributed by atoms with Crippen LogP contribution in [-0.4, -0.2) is 21.8 Å². The van der Waals surface area contributed by atoms with Crippen LogP contribution >= 0.6 is 7.75 Å². The van der Waals surface area contributed by atoms with Crippen molar-refractivity contribution in [2.24, 2.45) is 4.95 Å². The summed E-state index contributed by atoms with van der Waals surface area (Å²) in [5.41, 5.74) is 1.49. The third-order valence-electron chi connectivity index (χ3n) is 3.56. The quantitative estimate of drug-likeness (QED) is 0.269. The highest BCUT2D eigenvalue weighted by molar-refractivity contribution is 7.51. The molecule has 2 heterocycles. The van der Waals surface area contributed by atoms with Crippen molar-refractivity contribution in [1.82, 2.24) is 4.98 Å². The lowest BCUT2D eigenvalue weighted by Gasteiger charge is -2.10. The second-order valence-electron chi connectivity index (χ2n) is 5.41. The van der Waals surface area contributed by atoms with Crippen LogP contribution in [0.3, 0.4) is 0 Å². The second kappa shape index (κ2) is 7.56. The molecule has 0 aliphatic heterocycles. The van der Waals surface area contributed by atoms with Gasteiger partial charge in [0.25, 0.3) is 0 Å². The molecular weight excluding hydrogens is 379 g/mol. The number of para-hydroxylation sites is 1. The van der Waals surface area contributed by atoms with Gasteiger partial charge in [-0.15, -0.1) is 4.91 Å². The van der Waals surface area contributed by atoms with Gasteiger partial charge >= 0.3 is 19.7 Å². The van der Waals surface area contributed by atoms with E-state index in [4.69, 9.17) is 9.15 Å². The molecule has 1 atom stereocenters. The number of furan rings is 1. The summed E-state index contributed by atoms with van der Waals surface area (Å²) in [7, 11) is -4.65. The summed E-state index contributed by atoms with van der Waals surface area (Å²) < 4.78 is 25.9. The Labute approximate surface area is 151 Å². The Morgan fingerprint density at radius 1 is 1.26 bits per heavy atom. The molecule has 0 saturated carbocycles. The van der Waals surface area contributed by atoms with Crippen molar-refractivity contribution in [3.8, 4) is 5.75 Å². The van der Waals surface area contributed by atoms with Crippen molar-refractivity contribution >= 4 is 30.8 Å². The minimum Gasteiger partial charge on any atom is -0.463 e. The van der Waals surface area contributed by atoms with E-state index in [0.717, 1.165) is 0 Å². The maximum atomic E-state index is 12.0. The highest BCUT2D eigenvalue weighted by Crippen LogP contribution is 2.44. The van der Waals surface area contributed by atoms with Crippen molar-refractivity contribution in [3.63, 3.8) is 0 Å². The van der Waals surface area contributed by atoms with Gasteiger partial charge in [0.15, 0.2) is 5.58 Å². The minimum absolute atomic E-state index is 0.0498. The fourth-order valence-electron chi connectivity index (χ4n) is 2.35. The largest absolute Gasteiger partial charge is 0.541 e. The number of esters is 2. The standard InChI is InChI=1S/C16H13N2O8P/c19-15(25-16(20)12-9-14-11(17-12)7-8-24-14)6-5-10-3-1-2-4-13(10)26-27(22,23)18-21/h1-4,7-9,17H,5-6H2,(H,22,23). The molecular formula is C16H13N2O8P. The molecule has 3 rings (SSSR count). The molecule has 2 N–H and O–H groups in total. The number of H-pyrrole nitrogens is 1. The second-order valence-corrected chi connectivity index (χ2v) is 6.74. The minimum atomic E-state index is -4.65. The van der Waals surface area contributed by atoms with Crippen molar-refractivity contribution in [2.75, 3.05) is 0 Å². The molecule has 1 unspecified atom stereocenters. The normalized spacial score (nSPS) is 13.1. The number of aromatic amines is 1. The van der Waals surface area contributed by atoms with Gasteiger partial charge in [-0.05, 0) is 18.1 Å².